The molecule has 3 heterocycles. The molecule has 0 aliphatic heterocycles. The molecule has 10 heteroatoms. The minimum atomic E-state index is -0.406. The molecule has 0 saturated heterocycles. The summed E-state index contributed by atoms with van der Waals surface area (Å²) in [6.45, 7) is 8.90. The molecule has 0 fully saturated rings. The first kappa shape index (κ1) is 25.2. The van der Waals surface area contributed by atoms with E-state index in [9.17, 15) is 9.59 Å². The fraction of sp³-hybridized carbons (Fsp3) is 0.385. The predicted octanol–water partition coefficient (Wildman–Crippen LogP) is 3.24. The third kappa shape index (κ3) is 5.65. The number of H-pyrrole nitrogens is 1. The highest BCUT2D eigenvalue weighted by Gasteiger charge is 2.27. The summed E-state index contributed by atoms with van der Waals surface area (Å²) in [6, 6.07) is 9.70. The highest BCUT2D eigenvalue weighted by atomic mass is 16.5. The van der Waals surface area contributed by atoms with Gasteiger partial charge in [-0.3, -0.25) is 19.5 Å². The first-order valence-electron chi connectivity index (χ1n) is 12.1. The Morgan fingerprint density at radius 1 is 1.19 bits per heavy atom. The van der Waals surface area contributed by atoms with E-state index in [4.69, 9.17) is 4.74 Å². The minimum absolute atomic E-state index is 0.0808. The second-order valence-corrected chi connectivity index (χ2v) is 8.86. The fourth-order valence-electron chi connectivity index (χ4n) is 4.57. The van der Waals surface area contributed by atoms with Crippen molar-refractivity contribution in [2.75, 3.05) is 6.61 Å². The Labute approximate surface area is 209 Å². The van der Waals surface area contributed by atoms with Crippen LogP contribution in [-0.2, 0) is 29.2 Å². The number of hydrogen-bond donors (Lipinski definition) is 1. The molecule has 0 spiro atoms. The highest BCUT2D eigenvalue weighted by molar-refractivity contribution is 5.82. The summed E-state index contributed by atoms with van der Waals surface area (Å²) in [7, 11) is 0. The average Bonchev–Trinajstić information content (AvgIpc) is 3.29. The molecule has 0 radical (unpaired) electrons. The van der Waals surface area contributed by atoms with E-state index < -0.39 is 5.97 Å². The second-order valence-electron chi connectivity index (χ2n) is 8.86. The Morgan fingerprint density at radius 2 is 2.03 bits per heavy atom. The van der Waals surface area contributed by atoms with Crippen LogP contribution in [0, 0.1) is 13.8 Å². The van der Waals surface area contributed by atoms with Crippen molar-refractivity contribution in [3.63, 3.8) is 0 Å². The van der Waals surface area contributed by atoms with Gasteiger partial charge in [0.15, 0.2) is 5.82 Å². The van der Waals surface area contributed by atoms with E-state index in [0.717, 1.165) is 27.6 Å². The van der Waals surface area contributed by atoms with Gasteiger partial charge in [-0.25, -0.2) is 4.68 Å². The van der Waals surface area contributed by atoms with E-state index in [1.807, 2.05) is 39.0 Å². The maximum atomic E-state index is 13.1. The van der Waals surface area contributed by atoms with Crippen LogP contribution in [0.3, 0.4) is 0 Å². The number of ether oxygens (including phenoxy) is 1. The molecular formula is C26H31N7O3. The molecule has 0 saturated carbocycles. The van der Waals surface area contributed by atoms with Crippen molar-refractivity contribution in [1.29, 1.82) is 0 Å². The third-order valence-corrected chi connectivity index (χ3v) is 6.12. The van der Waals surface area contributed by atoms with Gasteiger partial charge in [0.2, 0.25) is 0 Å². The number of carbonyl (C=O) groups is 1. The third-order valence-electron chi connectivity index (χ3n) is 6.12. The van der Waals surface area contributed by atoms with Crippen molar-refractivity contribution < 1.29 is 9.53 Å². The Hall–Kier alpha value is -3.92. The molecular weight excluding hydrogens is 458 g/mol. The lowest BCUT2D eigenvalue weighted by molar-refractivity contribution is -0.144. The van der Waals surface area contributed by atoms with Crippen molar-refractivity contribution in [2.45, 2.75) is 59.8 Å². The number of aromatic nitrogens is 6. The van der Waals surface area contributed by atoms with Crippen molar-refractivity contribution in [3.8, 4) is 0 Å². The molecule has 1 unspecified atom stereocenters. The first-order valence-corrected chi connectivity index (χ1v) is 12.1. The van der Waals surface area contributed by atoms with E-state index in [2.05, 4.69) is 42.5 Å². The summed E-state index contributed by atoms with van der Waals surface area (Å²) in [5.74, 6) is 0.134. The molecule has 3 aromatic heterocycles. The van der Waals surface area contributed by atoms with E-state index in [-0.39, 0.29) is 24.8 Å². The number of hydrogen-bond acceptors (Lipinski definition) is 8. The van der Waals surface area contributed by atoms with Crippen LogP contribution in [0.15, 0.2) is 47.5 Å². The molecule has 0 aliphatic carbocycles. The number of tetrazole rings is 1. The molecule has 4 rings (SSSR count). The summed E-state index contributed by atoms with van der Waals surface area (Å²) < 4.78 is 6.56. The Balaban J connectivity index is 1.73. The van der Waals surface area contributed by atoms with Crippen LogP contribution in [0.25, 0.3) is 10.9 Å². The van der Waals surface area contributed by atoms with Gasteiger partial charge in [-0.2, -0.15) is 0 Å². The lowest BCUT2D eigenvalue weighted by Crippen LogP contribution is -2.33. The number of carbonyl (C=O) groups excluding carboxylic acids is 1. The molecule has 4 aromatic rings. The molecule has 1 aromatic carbocycles. The Bertz CT molecular complexity index is 1400. The number of aromatic amines is 1. The number of benzene rings is 1. The SMILES string of the molecule is CCOC(=O)Cn1nnnc1C(CC)N(Cc1cccnc1)Cc1cc2cc(C)cc(C)c2[nH]c1=O. The molecule has 10 nitrogen and oxygen atoms in total. The molecule has 188 valence electrons. The van der Waals surface area contributed by atoms with Gasteiger partial charge in [0.1, 0.15) is 6.54 Å². The van der Waals surface area contributed by atoms with Crippen LogP contribution < -0.4 is 5.56 Å². The second kappa shape index (κ2) is 11.2. The lowest BCUT2D eigenvalue weighted by Gasteiger charge is -2.30. The maximum absolute atomic E-state index is 13.1. The van der Waals surface area contributed by atoms with Crippen LogP contribution in [0.5, 0.6) is 0 Å². The molecule has 0 amide bonds. The van der Waals surface area contributed by atoms with E-state index >= 15 is 0 Å². The number of esters is 1. The Morgan fingerprint density at radius 3 is 2.75 bits per heavy atom. The predicted molar refractivity (Wildman–Crippen MR) is 135 cm³/mol. The zero-order valence-electron chi connectivity index (χ0n) is 21.1. The maximum Gasteiger partial charge on any atom is 0.327 e. The zero-order valence-corrected chi connectivity index (χ0v) is 21.1. The van der Waals surface area contributed by atoms with Crippen LogP contribution >= 0.6 is 0 Å². The zero-order chi connectivity index (χ0) is 25.7. The summed E-state index contributed by atoms with van der Waals surface area (Å²) in [5.41, 5.74) is 4.51. The molecule has 36 heavy (non-hydrogen) atoms. The summed E-state index contributed by atoms with van der Waals surface area (Å²) in [5, 5.41) is 13.1. The van der Waals surface area contributed by atoms with Gasteiger partial charge in [0, 0.05) is 31.0 Å². The lowest BCUT2D eigenvalue weighted by atomic mass is 10.0. The van der Waals surface area contributed by atoms with Gasteiger partial charge in [0.25, 0.3) is 5.56 Å². The van der Waals surface area contributed by atoms with Gasteiger partial charge in [0.05, 0.1) is 18.2 Å². The van der Waals surface area contributed by atoms with Gasteiger partial charge in [-0.1, -0.05) is 24.6 Å². The number of nitrogens with one attached hydrogen (secondary N) is 1. The highest BCUT2D eigenvalue weighted by Crippen LogP contribution is 2.27. The van der Waals surface area contributed by atoms with Crippen molar-refractivity contribution in [2.24, 2.45) is 0 Å². The monoisotopic (exact) mass is 489 g/mol. The average molecular weight is 490 g/mol. The largest absolute Gasteiger partial charge is 0.465 e. The normalized spacial score (nSPS) is 12.2. The number of aryl methyl sites for hydroxylation is 2. The standard InChI is InChI=1S/C26H31N7O3/c1-5-22(25-29-30-31-33(25)16-23(34)36-6-2)32(14-19-8-7-9-27-13-19)15-21-12-20-11-17(3)10-18(4)24(20)28-26(21)35/h7-13,22H,5-6,14-16H2,1-4H3,(H,28,35). The van der Waals surface area contributed by atoms with E-state index in [1.54, 1.807) is 19.3 Å². The topological polar surface area (TPSA) is 119 Å². The first-order chi connectivity index (χ1) is 17.4. The smallest absolute Gasteiger partial charge is 0.327 e. The number of fused-ring (bicyclic) bond motifs is 1. The number of nitrogens with zero attached hydrogens (tertiary/aromatic N) is 6. The minimum Gasteiger partial charge on any atom is -0.465 e. The summed E-state index contributed by atoms with van der Waals surface area (Å²) in [4.78, 5) is 34.7. The molecule has 0 bridgehead atoms. The van der Waals surface area contributed by atoms with Gasteiger partial charge >= 0.3 is 5.97 Å². The van der Waals surface area contributed by atoms with Crippen LogP contribution in [0.4, 0.5) is 0 Å². The molecule has 1 atom stereocenters. The quantitative estimate of drug-likeness (QED) is 0.337. The summed E-state index contributed by atoms with van der Waals surface area (Å²) in [6.07, 6.45) is 4.19. The van der Waals surface area contributed by atoms with Crippen LogP contribution in [-0.4, -0.2) is 47.7 Å². The number of rotatable bonds is 10. The van der Waals surface area contributed by atoms with Gasteiger partial charge in [-0.15, -0.1) is 5.10 Å². The molecule has 1 N–H and O–H groups in total. The Kier molecular flexibility index (Phi) is 7.84. The van der Waals surface area contributed by atoms with Crippen LogP contribution in [0.2, 0.25) is 0 Å². The number of pyridine rings is 2. The van der Waals surface area contributed by atoms with E-state index in [1.165, 1.54) is 4.68 Å². The van der Waals surface area contributed by atoms with Crippen molar-refractivity contribution in [3.05, 3.63) is 81.2 Å². The molecule has 0 aliphatic rings. The van der Waals surface area contributed by atoms with E-state index in [0.29, 0.717) is 30.9 Å². The van der Waals surface area contributed by atoms with Gasteiger partial charge < -0.3 is 9.72 Å². The summed E-state index contributed by atoms with van der Waals surface area (Å²) >= 11 is 0. The van der Waals surface area contributed by atoms with Crippen molar-refractivity contribution >= 4 is 16.9 Å². The van der Waals surface area contributed by atoms with Crippen molar-refractivity contribution in [1.82, 2.24) is 35.1 Å². The van der Waals surface area contributed by atoms with Crippen LogP contribution in [0.1, 0.15) is 54.4 Å². The fourth-order valence-corrected chi connectivity index (χ4v) is 4.57. The van der Waals surface area contributed by atoms with Gasteiger partial charge in [-0.05, 0) is 72.3 Å².